The fourth-order valence-electron chi connectivity index (χ4n) is 12.4. The number of ether oxygens (including phenoxy) is 1. The summed E-state index contributed by atoms with van der Waals surface area (Å²) in [6, 6.07) is 19.2. The highest BCUT2D eigenvalue weighted by atomic mass is 28.3. The van der Waals surface area contributed by atoms with Gasteiger partial charge in [-0.3, -0.25) is 20.0 Å². The molecule has 458 valence electrons. The van der Waals surface area contributed by atoms with Crippen molar-refractivity contribution in [3.63, 3.8) is 0 Å². The first-order valence-corrected chi connectivity index (χ1v) is 35.1. The van der Waals surface area contributed by atoms with Crippen molar-refractivity contribution in [2.75, 3.05) is 20.1 Å². The number of fused-ring (bicyclic) bond motifs is 3. The Labute approximate surface area is 507 Å². The molecule has 1 saturated carbocycles. The van der Waals surface area contributed by atoms with Gasteiger partial charge in [-0.05, 0) is 163 Å². The van der Waals surface area contributed by atoms with Crippen LogP contribution >= 0.6 is 0 Å². The van der Waals surface area contributed by atoms with E-state index >= 15 is 0 Å². The van der Waals surface area contributed by atoms with Gasteiger partial charge in [-0.2, -0.15) is 5.10 Å². The van der Waals surface area contributed by atoms with Crippen LogP contribution in [0.25, 0.3) is 11.3 Å². The van der Waals surface area contributed by atoms with Crippen LogP contribution in [0.3, 0.4) is 0 Å². The Kier molecular flexibility index (Phi) is 26.2. The van der Waals surface area contributed by atoms with E-state index in [1.165, 1.54) is 80.2 Å². The molecular weight excluding hydrogens is 1080 g/mol. The van der Waals surface area contributed by atoms with Crippen LogP contribution in [0.1, 0.15) is 211 Å². The summed E-state index contributed by atoms with van der Waals surface area (Å²) in [4.78, 5) is 57.4. The Morgan fingerprint density at radius 2 is 1.54 bits per heavy atom. The predicted octanol–water partition coefficient (Wildman–Crippen LogP) is 13.3. The number of benzene rings is 3. The standard InChI is InChI=1S/C70H97N7O7Si/c1-7-10-11-12-13-14-15-16-17-18-19-20-22-28-62(78)61(8-2)76-65(79)29-23-21-24-42-73-70(83)84-55-26-25-27-56-53(35-38-55)48-75-77-67(56)51-33-30-49(31-34-51)47-74-68(80)52-36-40-57(69(81)82)60(44-52)66-58-39-32-50(46-71-4)43-63(58)85(5,6)64-45-54(72-9-3)37-41-59(64)66/h22,28,30-34,36-37,39-41,43-45,48,53,55,61-62,71,77-78H,7-21,23-27,29,35,38,42,46-47H2,1-6H3,(H,73,83)(H,74,80)(H,76,79)(H,81,82)/b28-22+,72-54+/t53?,55?,61-,62+/m0/s1. The third-order valence-corrected chi connectivity index (χ3v) is 20.8. The van der Waals surface area contributed by atoms with Crippen molar-refractivity contribution in [2.24, 2.45) is 16.0 Å². The zero-order chi connectivity index (χ0) is 60.6. The van der Waals surface area contributed by atoms with Gasteiger partial charge in [0.05, 0.1) is 29.1 Å². The molecule has 15 heteroatoms. The van der Waals surface area contributed by atoms with E-state index < -0.39 is 26.2 Å². The fraction of sp³-hybridized carbons (Fsp3) is 0.514. The smallest absolute Gasteiger partial charge is 0.407 e. The summed E-state index contributed by atoms with van der Waals surface area (Å²) in [7, 11) is -0.362. The minimum Gasteiger partial charge on any atom is -0.478 e. The van der Waals surface area contributed by atoms with Crippen molar-refractivity contribution in [3.05, 3.63) is 146 Å². The molecule has 2 heterocycles. The summed E-state index contributed by atoms with van der Waals surface area (Å²) in [5.41, 5.74) is 13.3. The number of hydrazone groups is 1. The molecule has 14 nitrogen and oxygen atoms in total. The molecule has 0 saturated heterocycles. The third-order valence-electron chi connectivity index (χ3n) is 17.3. The van der Waals surface area contributed by atoms with Gasteiger partial charge in [-0.1, -0.05) is 158 Å². The summed E-state index contributed by atoms with van der Waals surface area (Å²) in [5, 5.41) is 40.6. The monoisotopic (exact) mass is 1180 g/mol. The highest BCUT2D eigenvalue weighted by Gasteiger charge is 2.40. The van der Waals surface area contributed by atoms with Crippen molar-refractivity contribution in [3.8, 4) is 0 Å². The molecule has 3 amide bonds. The summed E-state index contributed by atoms with van der Waals surface area (Å²) in [6.45, 7) is 13.0. The normalized spacial score (nSPS) is 18.3. The number of carboxylic acid groups (broad SMARTS) is 1. The van der Waals surface area contributed by atoms with Crippen LogP contribution in [0.5, 0.6) is 0 Å². The lowest BCUT2D eigenvalue weighted by molar-refractivity contribution is -0.122. The molecule has 2 unspecified atom stereocenters. The van der Waals surface area contributed by atoms with Gasteiger partial charge in [-0.15, -0.1) is 0 Å². The van der Waals surface area contributed by atoms with E-state index in [4.69, 9.17) is 9.73 Å². The molecule has 4 aliphatic rings. The lowest BCUT2D eigenvalue weighted by Gasteiger charge is -2.38. The maximum absolute atomic E-state index is 14.0. The lowest BCUT2D eigenvalue weighted by atomic mass is 9.83. The molecule has 1 fully saturated rings. The van der Waals surface area contributed by atoms with E-state index in [0.717, 1.165) is 96.2 Å². The number of nitrogens with one attached hydrogen (secondary N) is 5. The van der Waals surface area contributed by atoms with Crippen LogP contribution < -0.4 is 31.9 Å². The molecule has 85 heavy (non-hydrogen) atoms. The summed E-state index contributed by atoms with van der Waals surface area (Å²) < 4.78 is 5.92. The topological polar surface area (TPSA) is 203 Å². The number of hydrogen-bond acceptors (Lipinski definition) is 10. The van der Waals surface area contributed by atoms with Crippen LogP contribution in [0.2, 0.25) is 13.1 Å². The second-order valence-corrected chi connectivity index (χ2v) is 28.3. The number of unbranched alkanes of at least 4 members (excludes halogenated alkanes) is 13. The molecule has 0 aromatic heterocycles. The van der Waals surface area contributed by atoms with Crippen LogP contribution in [0.15, 0.2) is 117 Å². The first-order chi connectivity index (χ1) is 41.3. The van der Waals surface area contributed by atoms with E-state index in [1.807, 2.05) is 63.5 Å². The number of aromatic carboxylic acids is 1. The Hall–Kier alpha value is -6.68. The highest BCUT2D eigenvalue weighted by molar-refractivity contribution is 6.98. The number of aliphatic hydroxyl groups is 1. The van der Waals surface area contributed by atoms with Crippen LogP contribution in [-0.2, 0) is 22.6 Å². The van der Waals surface area contributed by atoms with Gasteiger partial charge in [0.1, 0.15) is 14.2 Å². The van der Waals surface area contributed by atoms with Gasteiger partial charge in [0.2, 0.25) is 5.91 Å². The number of rotatable bonds is 32. The maximum atomic E-state index is 14.0. The quantitative estimate of drug-likeness (QED) is 0.0180. The first kappa shape index (κ1) is 65.9. The number of carboxylic acids is 1. The average molecular weight is 1180 g/mol. The van der Waals surface area contributed by atoms with E-state index in [1.54, 1.807) is 18.2 Å². The number of nitrogens with zero attached hydrogens (tertiary/aromatic N) is 2. The molecule has 0 spiro atoms. The molecule has 2 aliphatic carbocycles. The van der Waals surface area contributed by atoms with Gasteiger partial charge >= 0.3 is 12.1 Å². The SMILES string of the molecule is CCCCCCCCCCCCC/C=C/[C@@H](O)[C@H](CC)NC(=O)CCCCCNC(=O)OC1CCCC2=C(c3ccc(CNC(=O)c4ccc(C(=O)O)c(C5=C6C=C/C(=N\CC)C=C6[Si](C)(C)c6cc(CNC)ccc65)c4)cc3)NN=CC2CC1. The minimum atomic E-state index is -2.29. The Balaban J connectivity index is 0.843. The third kappa shape index (κ3) is 18.9. The summed E-state index contributed by atoms with van der Waals surface area (Å²) in [6.07, 6.45) is 33.3. The molecule has 7 N–H and O–H groups in total. The molecule has 0 bridgehead atoms. The number of allylic oxidation sites excluding steroid dienone is 7. The van der Waals surface area contributed by atoms with Crippen LogP contribution in [0.4, 0.5) is 4.79 Å². The highest BCUT2D eigenvalue weighted by Crippen LogP contribution is 2.43. The molecule has 3 aromatic carbocycles. The first-order valence-electron chi connectivity index (χ1n) is 32.1. The van der Waals surface area contributed by atoms with Gasteiger partial charge in [-0.25, -0.2) is 9.59 Å². The Morgan fingerprint density at radius 1 is 0.812 bits per heavy atom. The number of alkyl carbamates (subject to hydrolysis) is 1. The maximum Gasteiger partial charge on any atom is 0.407 e. The van der Waals surface area contributed by atoms with Crippen molar-refractivity contribution in [1.29, 1.82) is 0 Å². The number of carbonyl (C=O) groups is 4. The fourth-order valence-corrected chi connectivity index (χ4v) is 15.5. The number of amides is 3. The number of aliphatic hydroxyl groups excluding tert-OH is 1. The zero-order valence-electron chi connectivity index (χ0n) is 51.8. The van der Waals surface area contributed by atoms with Crippen molar-refractivity contribution in [1.82, 2.24) is 26.7 Å². The largest absolute Gasteiger partial charge is 0.478 e. The zero-order valence-corrected chi connectivity index (χ0v) is 52.8. The van der Waals surface area contributed by atoms with Crippen LogP contribution in [0, 0.1) is 5.92 Å². The summed E-state index contributed by atoms with van der Waals surface area (Å²) in [5.74, 6) is -1.32. The molecule has 7 rings (SSSR count). The average Bonchev–Trinajstić information content (AvgIpc) is 1.02. The number of hydrogen-bond donors (Lipinski definition) is 7. The van der Waals surface area contributed by atoms with Gasteiger partial charge in [0, 0.05) is 50.3 Å². The van der Waals surface area contributed by atoms with Gasteiger partial charge < -0.3 is 36.2 Å². The number of aliphatic imine (C=N–C) groups is 1. The second-order valence-electron chi connectivity index (χ2n) is 24.0. The van der Waals surface area contributed by atoms with E-state index in [2.05, 4.69) is 88.2 Å². The van der Waals surface area contributed by atoms with E-state index in [9.17, 15) is 29.4 Å². The molecule has 3 aromatic rings. The van der Waals surface area contributed by atoms with E-state index in [-0.39, 0.29) is 42.0 Å². The molecule has 2 aliphatic heterocycles. The van der Waals surface area contributed by atoms with Crippen LogP contribution in [-0.4, -0.2) is 92.5 Å². The molecule has 4 atom stereocenters. The lowest BCUT2D eigenvalue weighted by Crippen LogP contribution is -2.49. The van der Waals surface area contributed by atoms with Crippen molar-refractivity contribution < 1.29 is 34.1 Å². The van der Waals surface area contributed by atoms with Crippen molar-refractivity contribution in [2.45, 2.75) is 206 Å². The van der Waals surface area contributed by atoms with Crippen molar-refractivity contribution >= 4 is 60.3 Å². The molecule has 0 radical (unpaired) electrons. The predicted molar refractivity (Wildman–Crippen MR) is 349 cm³/mol. The summed E-state index contributed by atoms with van der Waals surface area (Å²) >= 11 is 0. The molecular formula is C70H97N7O7Si. The minimum absolute atomic E-state index is 0.0579. The second kappa shape index (κ2) is 33.9. The van der Waals surface area contributed by atoms with Gasteiger partial charge in [0.15, 0.2) is 0 Å². The Bertz CT molecular complexity index is 2970. The van der Waals surface area contributed by atoms with E-state index in [0.29, 0.717) is 56.4 Å². The Morgan fingerprint density at radius 3 is 2.26 bits per heavy atom. The number of carbonyl (C=O) groups excluding carboxylic acids is 3. The van der Waals surface area contributed by atoms with Gasteiger partial charge in [0.25, 0.3) is 5.91 Å².